The fourth-order valence-electron chi connectivity index (χ4n) is 1.32. The minimum atomic E-state index is -0.513. The van der Waals surface area contributed by atoms with Crippen LogP contribution >= 0.6 is 23.4 Å². The summed E-state index contributed by atoms with van der Waals surface area (Å²) in [6.45, 7) is 1.71. The van der Waals surface area contributed by atoms with Gasteiger partial charge >= 0.3 is 0 Å². The molecule has 4 nitrogen and oxygen atoms in total. The lowest BCUT2D eigenvalue weighted by Gasteiger charge is -2.08. The van der Waals surface area contributed by atoms with Crippen molar-refractivity contribution < 1.29 is 5.11 Å². The smallest absolute Gasteiger partial charge is 0.195 e. The summed E-state index contributed by atoms with van der Waals surface area (Å²) >= 11 is 7.60. The first-order valence-electron chi connectivity index (χ1n) is 5.07. The van der Waals surface area contributed by atoms with E-state index in [1.807, 2.05) is 23.7 Å². The number of aliphatic hydroxyl groups is 1. The molecule has 0 saturated carbocycles. The van der Waals surface area contributed by atoms with Crippen molar-refractivity contribution in [3.8, 4) is 0 Å². The van der Waals surface area contributed by atoms with E-state index in [-0.39, 0.29) is 0 Å². The van der Waals surface area contributed by atoms with Gasteiger partial charge in [0.1, 0.15) is 6.33 Å². The molecule has 90 valence electrons. The van der Waals surface area contributed by atoms with Crippen LogP contribution in [0, 0.1) is 0 Å². The highest BCUT2D eigenvalue weighted by Gasteiger charge is 2.09. The van der Waals surface area contributed by atoms with Crippen LogP contribution in [0.15, 0.2) is 34.6 Å². The normalized spacial score (nSPS) is 12.7. The first kappa shape index (κ1) is 12.4. The lowest BCUT2D eigenvalue weighted by molar-refractivity contribution is 0.199. The number of aromatic nitrogens is 3. The number of aryl methyl sites for hydroxylation is 1. The van der Waals surface area contributed by atoms with Gasteiger partial charge in [-0.1, -0.05) is 17.7 Å². The van der Waals surface area contributed by atoms with Gasteiger partial charge in [-0.2, -0.15) is 0 Å². The molecule has 1 unspecified atom stereocenters. The highest BCUT2D eigenvalue weighted by Crippen LogP contribution is 2.33. The second kappa shape index (κ2) is 5.08. The molecular weight excluding hydrogens is 258 g/mol. The average Bonchev–Trinajstić information content (AvgIpc) is 2.67. The topological polar surface area (TPSA) is 50.9 Å². The van der Waals surface area contributed by atoms with Gasteiger partial charge in [-0.15, -0.1) is 10.2 Å². The zero-order valence-corrected chi connectivity index (χ0v) is 11.0. The molecule has 0 fully saturated rings. The van der Waals surface area contributed by atoms with Crippen LogP contribution in [-0.2, 0) is 7.05 Å². The number of rotatable bonds is 3. The van der Waals surface area contributed by atoms with E-state index in [9.17, 15) is 5.11 Å². The van der Waals surface area contributed by atoms with Crippen molar-refractivity contribution in [3.63, 3.8) is 0 Å². The molecule has 1 atom stereocenters. The van der Waals surface area contributed by atoms with Gasteiger partial charge in [0.15, 0.2) is 5.16 Å². The number of nitrogens with zero attached hydrogens (tertiary/aromatic N) is 3. The molecule has 0 aliphatic rings. The van der Waals surface area contributed by atoms with E-state index >= 15 is 0 Å². The van der Waals surface area contributed by atoms with Crippen LogP contribution in [0.5, 0.6) is 0 Å². The van der Waals surface area contributed by atoms with Gasteiger partial charge in [0.25, 0.3) is 0 Å². The third-order valence-electron chi connectivity index (χ3n) is 2.31. The highest BCUT2D eigenvalue weighted by atomic mass is 35.5. The highest BCUT2D eigenvalue weighted by molar-refractivity contribution is 7.99. The maximum absolute atomic E-state index is 9.45. The van der Waals surface area contributed by atoms with Gasteiger partial charge in [0.2, 0.25) is 0 Å². The summed E-state index contributed by atoms with van der Waals surface area (Å²) in [5, 5.41) is 18.6. The number of hydrogen-bond acceptors (Lipinski definition) is 4. The van der Waals surface area contributed by atoms with Gasteiger partial charge in [-0.05, 0) is 36.4 Å². The summed E-state index contributed by atoms with van der Waals surface area (Å²) in [5.41, 5.74) is 0.803. The van der Waals surface area contributed by atoms with Crippen LogP contribution in [0.1, 0.15) is 18.6 Å². The van der Waals surface area contributed by atoms with Gasteiger partial charge in [-0.3, -0.25) is 0 Å². The van der Waals surface area contributed by atoms with Crippen molar-refractivity contribution in [2.45, 2.75) is 23.1 Å². The summed E-state index contributed by atoms with van der Waals surface area (Å²) in [4.78, 5) is 0.896. The summed E-state index contributed by atoms with van der Waals surface area (Å²) < 4.78 is 1.82. The number of benzene rings is 1. The van der Waals surface area contributed by atoms with E-state index in [1.54, 1.807) is 19.3 Å². The quantitative estimate of drug-likeness (QED) is 0.931. The Labute approximate surface area is 109 Å². The molecule has 1 heterocycles. The lowest BCUT2D eigenvalue weighted by Crippen LogP contribution is -1.92. The third kappa shape index (κ3) is 2.80. The molecule has 0 saturated heterocycles. The van der Waals surface area contributed by atoms with E-state index < -0.39 is 6.10 Å². The molecule has 0 radical (unpaired) electrons. The first-order chi connectivity index (χ1) is 8.08. The van der Waals surface area contributed by atoms with Gasteiger partial charge in [0.05, 0.1) is 11.1 Å². The van der Waals surface area contributed by atoms with Crippen molar-refractivity contribution in [3.05, 3.63) is 35.1 Å². The van der Waals surface area contributed by atoms with Crippen LogP contribution in [-0.4, -0.2) is 19.9 Å². The molecule has 0 aliphatic carbocycles. The summed E-state index contributed by atoms with van der Waals surface area (Å²) in [5.74, 6) is 0. The van der Waals surface area contributed by atoms with Crippen LogP contribution in [0.25, 0.3) is 0 Å². The Balaban J connectivity index is 2.26. The molecule has 0 amide bonds. The van der Waals surface area contributed by atoms with E-state index in [0.717, 1.165) is 15.6 Å². The second-order valence-corrected chi connectivity index (χ2v) is 5.11. The molecular formula is C11H12ClN3OS. The van der Waals surface area contributed by atoms with E-state index in [4.69, 9.17) is 11.6 Å². The fourth-order valence-corrected chi connectivity index (χ4v) is 2.40. The van der Waals surface area contributed by atoms with Crippen molar-refractivity contribution in [1.29, 1.82) is 0 Å². The van der Waals surface area contributed by atoms with Gasteiger partial charge in [-0.25, -0.2) is 0 Å². The molecule has 1 aromatic heterocycles. The Morgan fingerprint density at radius 2 is 2.24 bits per heavy atom. The summed E-state index contributed by atoms with van der Waals surface area (Å²) in [6, 6.07) is 5.50. The molecule has 6 heteroatoms. The minimum Gasteiger partial charge on any atom is -0.389 e. The van der Waals surface area contributed by atoms with Crippen LogP contribution in [0.4, 0.5) is 0 Å². The Bertz CT molecular complexity index is 527. The maximum atomic E-state index is 9.45. The molecule has 1 aromatic carbocycles. The largest absolute Gasteiger partial charge is 0.389 e. The Kier molecular flexibility index (Phi) is 3.71. The van der Waals surface area contributed by atoms with Gasteiger partial charge < -0.3 is 9.67 Å². The average molecular weight is 270 g/mol. The predicted molar refractivity (Wildman–Crippen MR) is 67.2 cm³/mol. The fraction of sp³-hybridized carbons (Fsp3) is 0.273. The van der Waals surface area contributed by atoms with Crippen molar-refractivity contribution >= 4 is 23.4 Å². The zero-order valence-electron chi connectivity index (χ0n) is 9.46. The Hall–Kier alpha value is -1.04. The number of halogens is 1. The molecule has 0 spiro atoms. The maximum Gasteiger partial charge on any atom is 0.195 e. The summed E-state index contributed by atoms with van der Waals surface area (Å²) in [7, 11) is 1.88. The van der Waals surface area contributed by atoms with E-state index in [0.29, 0.717) is 5.02 Å². The Morgan fingerprint density at radius 1 is 1.47 bits per heavy atom. The van der Waals surface area contributed by atoms with E-state index in [1.165, 1.54) is 11.8 Å². The van der Waals surface area contributed by atoms with E-state index in [2.05, 4.69) is 10.2 Å². The number of hydrogen-bond donors (Lipinski definition) is 1. The summed E-state index contributed by atoms with van der Waals surface area (Å²) in [6.07, 6.45) is 1.13. The third-order valence-corrected chi connectivity index (χ3v) is 3.86. The molecule has 17 heavy (non-hydrogen) atoms. The minimum absolute atomic E-state index is 0.513. The number of aliphatic hydroxyl groups excluding tert-OH is 1. The molecule has 0 bridgehead atoms. The van der Waals surface area contributed by atoms with Crippen LogP contribution in [0.3, 0.4) is 0 Å². The predicted octanol–water partition coefficient (Wildman–Crippen LogP) is 2.67. The van der Waals surface area contributed by atoms with Crippen LogP contribution in [0.2, 0.25) is 5.02 Å². The zero-order chi connectivity index (χ0) is 12.4. The molecule has 2 rings (SSSR count). The standard InChI is InChI=1S/C11H12ClN3OS/c1-7(16)8-3-4-10(9(12)5-8)17-11-14-13-6-15(11)2/h3-7,16H,1-2H3. The molecule has 2 aromatic rings. The monoisotopic (exact) mass is 269 g/mol. The Morgan fingerprint density at radius 3 is 2.76 bits per heavy atom. The van der Waals surface area contributed by atoms with Gasteiger partial charge in [0, 0.05) is 11.9 Å². The van der Waals surface area contributed by atoms with Crippen molar-refractivity contribution in [2.24, 2.45) is 7.05 Å². The van der Waals surface area contributed by atoms with Crippen molar-refractivity contribution in [1.82, 2.24) is 14.8 Å². The first-order valence-corrected chi connectivity index (χ1v) is 6.26. The van der Waals surface area contributed by atoms with Crippen LogP contribution < -0.4 is 0 Å². The lowest BCUT2D eigenvalue weighted by atomic mass is 10.1. The SMILES string of the molecule is CC(O)c1ccc(Sc2nncn2C)c(Cl)c1. The molecule has 0 aliphatic heterocycles. The second-order valence-electron chi connectivity index (χ2n) is 3.69. The van der Waals surface area contributed by atoms with Crippen molar-refractivity contribution in [2.75, 3.05) is 0 Å². The molecule has 1 N–H and O–H groups in total.